The van der Waals surface area contributed by atoms with Gasteiger partial charge in [-0.25, -0.2) is 8.42 Å². The fraction of sp³-hybridized carbons (Fsp3) is 0.364. The number of carbonyl (C=O) groups excluding carboxylic acids is 2. The number of carbonyl (C=O) groups is 2. The molecule has 30 heavy (non-hydrogen) atoms. The Morgan fingerprint density at radius 1 is 1.03 bits per heavy atom. The molecular weight excluding hydrogens is 404 g/mol. The highest BCUT2D eigenvalue weighted by molar-refractivity contribution is 7.89. The third-order valence-electron chi connectivity index (χ3n) is 5.07. The van der Waals surface area contributed by atoms with Crippen LogP contribution in [0, 0.1) is 0 Å². The summed E-state index contributed by atoms with van der Waals surface area (Å²) in [6.07, 6.45) is 4.55. The van der Waals surface area contributed by atoms with Crippen molar-refractivity contribution in [1.29, 1.82) is 0 Å². The van der Waals surface area contributed by atoms with Gasteiger partial charge in [0.1, 0.15) is 6.54 Å². The first kappa shape index (κ1) is 22.0. The van der Waals surface area contributed by atoms with Gasteiger partial charge in [-0.2, -0.15) is 4.72 Å². The van der Waals surface area contributed by atoms with Gasteiger partial charge in [0.25, 0.3) is 5.91 Å². The molecule has 7 nitrogen and oxygen atoms in total. The molecule has 1 amide bonds. The van der Waals surface area contributed by atoms with Crippen LogP contribution in [0.4, 0.5) is 0 Å². The van der Waals surface area contributed by atoms with Crippen molar-refractivity contribution < 1.29 is 22.7 Å². The Morgan fingerprint density at radius 3 is 2.47 bits per heavy atom. The number of benzene rings is 2. The van der Waals surface area contributed by atoms with Crippen LogP contribution >= 0.6 is 0 Å². The van der Waals surface area contributed by atoms with E-state index < -0.39 is 35.1 Å². The van der Waals surface area contributed by atoms with Gasteiger partial charge >= 0.3 is 5.97 Å². The molecule has 2 N–H and O–H groups in total. The minimum absolute atomic E-state index is 0.0504. The minimum Gasteiger partial charge on any atom is -0.455 e. The number of aryl methyl sites for hydroxylation is 2. The van der Waals surface area contributed by atoms with Gasteiger partial charge in [-0.15, -0.1) is 0 Å². The summed E-state index contributed by atoms with van der Waals surface area (Å²) >= 11 is 0. The van der Waals surface area contributed by atoms with E-state index in [1.165, 1.54) is 36.1 Å². The second-order valence-corrected chi connectivity index (χ2v) is 9.09. The third kappa shape index (κ3) is 5.90. The molecule has 0 aromatic heterocycles. The maximum Gasteiger partial charge on any atom is 0.321 e. The normalized spacial score (nSPS) is 14.4. The summed E-state index contributed by atoms with van der Waals surface area (Å²) in [5, 5.41) is 2.80. The predicted molar refractivity (Wildman–Crippen MR) is 112 cm³/mol. The fourth-order valence-corrected chi connectivity index (χ4v) is 4.41. The lowest BCUT2D eigenvalue weighted by molar-refractivity contribution is -0.147. The van der Waals surface area contributed by atoms with Crippen LogP contribution in [-0.2, 0) is 37.2 Å². The summed E-state index contributed by atoms with van der Waals surface area (Å²) in [5.41, 5.74) is 3.71. The number of hydrogen-bond donors (Lipinski definition) is 2. The van der Waals surface area contributed by atoms with E-state index in [0.717, 1.165) is 18.4 Å². The summed E-state index contributed by atoms with van der Waals surface area (Å²) in [6, 6.07) is 13.7. The van der Waals surface area contributed by atoms with Crippen LogP contribution in [0.1, 0.15) is 42.5 Å². The van der Waals surface area contributed by atoms with Gasteiger partial charge in [0.2, 0.25) is 10.0 Å². The highest BCUT2D eigenvalue weighted by Gasteiger charge is 2.17. The molecule has 0 heterocycles. The molecule has 1 atom stereocenters. The SMILES string of the molecule is CC(NC(=O)COC(=O)CNS(=O)(=O)c1ccccc1)c1ccc2c(c1)CCCC2. The molecule has 1 aliphatic rings. The van der Waals surface area contributed by atoms with Crippen molar-refractivity contribution >= 4 is 21.9 Å². The zero-order chi connectivity index (χ0) is 21.6. The molecule has 0 aliphatic heterocycles. The number of amides is 1. The third-order valence-corrected chi connectivity index (χ3v) is 6.49. The number of esters is 1. The Balaban J connectivity index is 1.44. The molecule has 0 spiro atoms. The van der Waals surface area contributed by atoms with Gasteiger partial charge in [-0.05, 0) is 61.4 Å². The summed E-state index contributed by atoms with van der Waals surface area (Å²) in [6.45, 7) is 0.852. The first-order valence-corrected chi connectivity index (χ1v) is 11.4. The molecular formula is C22H26N2O5S. The summed E-state index contributed by atoms with van der Waals surface area (Å²) < 4.78 is 31.2. The molecule has 2 aromatic rings. The molecule has 0 radical (unpaired) electrons. The highest BCUT2D eigenvalue weighted by Crippen LogP contribution is 2.24. The molecule has 1 aliphatic carbocycles. The van der Waals surface area contributed by atoms with Gasteiger partial charge in [0.05, 0.1) is 10.9 Å². The van der Waals surface area contributed by atoms with Gasteiger partial charge in [-0.1, -0.05) is 36.4 Å². The Labute approximate surface area is 176 Å². The van der Waals surface area contributed by atoms with E-state index in [1.807, 2.05) is 13.0 Å². The monoisotopic (exact) mass is 430 g/mol. The van der Waals surface area contributed by atoms with Crippen molar-refractivity contribution in [2.45, 2.75) is 43.5 Å². The molecule has 2 aromatic carbocycles. The lowest BCUT2D eigenvalue weighted by Crippen LogP contribution is -2.34. The number of hydrogen-bond acceptors (Lipinski definition) is 5. The number of nitrogens with one attached hydrogen (secondary N) is 2. The quantitative estimate of drug-likeness (QED) is 0.626. The van der Waals surface area contributed by atoms with Crippen LogP contribution in [0.25, 0.3) is 0 Å². The van der Waals surface area contributed by atoms with Crippen molar-refractivity contribution in [3.8, 4) is 0 Å². The second kappa shape index (κ2) is 9.86. The maximum absolute atomic E-state index is 12.1. The molecule has 8 heteroatoms. The number of sulfonamides is 1. The van der Waals surface area contributed by atoms with Gasteiger partial charge in [-0.3, -0.25) is 9.59 Å². The first-order valence-electron chi connectivity index (χ1n) is 9.96. The Morgan fingerprint density at radius 2 is 1.73 bits per heavy atom. The van der Waals surface area contributed by atoms with Crippen LogP contribution in [0.5, 0.6) is 0 Å². The second-order valence-electron chi connectivity index (χ2n) is 7.32. The van der Waals surface area contributed by atoms with E-state index in [0.29, 0.717) is 0 Å². The zero-order valence-electron chi connectivity index (χ0n) is 16.9. The molecule has 0 bridgehead atoms. The Hall–Kier alpha value is -2.71. The van der Waals surface area contributed by atoms with Crippen LogP contribution in [0.2, 0.25) is 0 Å². The zero-order valence-corrected chi connectivity index (χ0v) is 17.7. The van der Waals surface area contributed by atoms with Gasteiger partial charge in [0, 0.05) is 0 Å². The van der Waals surface area contributed by atoms with E-state index in [-0.39, 0.29) is 10.9 Å². The van der Waals surface area contributed by atoms with Crippen molar-refractivity contribution in [2.75, 3.05) is 13.2 Å². The van der Waals surface area contributed by atoms with Crippen molar-refractivity contribution in [3.05, 3.63) is 65.2 Å². The molecule has 160 valence electrons. The smallest absolute Gasteiger partial charge is 0.321 e. The van der Waals surface area contributed by atoms with E-state index >= 15 is 0 Å². The number of fused-ring (bicyclic) bond motifs is 1. The summed E-state index contributed by atoms with van der Waals surface area (Å²) in [7, 11) is -3.81. The minimum atomic E-state index is -3.81. The van der Waals surface area contributed by atoms with E-state index in [9.17, 15) is 18.0 Å². The standard InChI is InChI=1S/C22H26N2O5S/c1-16(18-12-11-17-7-5-6-8-19(17)13-18)24-21(25)15-29-22(26)14-23-30(27,28)20-9-3-2-4-10-20/h2-4,9-13,16,23H,5-8,14-15H2,1H3,(H,24,25). The Kier molecular flexibility index (Phi) is 7.23. The number of rotatable bonds is 8. The van der Waals surface area contributed by atoms with Crippen LogP contribution < -0.4 is 10.0 Å². The van der Waals surface area contributed by atoms with Crippen molar-refractivity contribution in [3.63, 3.8) is 0 Å². The van der Waals surface area contributed by atoms with Gasteiger partial charge < -0.3 is 10.1 Å². The summed E-state index contributed by atoms with van der Waals surface area (Å²) in [4.78, 5) is 24.0. The molecule has 0 saturated heterocycles. The van der Waals surface area contributed by atoms with Crippen LogP contribution in [-0.4, -0.2) is 33.4 Å². The first-order chi connectivity index (χ1) is 14.3. The molecule has 3 rings (SSSR count). The number of ether oxygens (including phenoxy) is 1. The van der Waals surface area contributed by atoms with Crippen LogP contribution in [0.3, 0.4) is 0 Å². The van der Waals surface area contributed by atoms with Crippen molar-refractivity contribution in [2.24, 2.45) is 0 Å². The van der Waals surface area contributed by atoms with Crippen LogP contribution in [0.15, 0.2) is 53.4 Å². The van der Waals surface area contributed by atoms with E-state index in [4.69, 9.17) is 4.74 Å². The lowest BCUT2D eigenvalue weighted by Gasteiger charge is -2.20. The van der Waals surface area contributed by atoms with E-state index in [2.05, 4.69) is 22.2 Å². The predicted octanol–water partition coefficient (Wildman–Crippen LogP) is 2.26. The average Bonchev–Trinajstić information content (AvgIpc) is 2.76. The highest BCUT2D eigenvalue weighted by atomic mass is 32.2. The topological polar surface area (TPSA) is 102 Å². The molecule has 0 fully saturated rings. The van der Waals surface area contributed by atoms with E-state index in [1.54, 1.807) is 18.2 Å². The fourth-order valence-electron chi connectivity index (χ4n) is 3.42. The Bertz CT molecular complexity index is 1010. The largest absolute Gasteiger partial charge is 0.455 e. The molecule has 1 unspecified atom stereocenters. The van der Waals surface area contributed by atoms with Crippen molar-refractivity contribution in [1.82, 2.24) is 10.0 Å². The summed E-state index contributed by atoms with van der Waals surface area (Å²) in [5.74, 6) is -1.27. The lowest BCUT2D eigenvalue weighted by atomic mass is 9.89. The average molecular weight is 431 g/mol. The maximum atomic E-state index is 12.1. The van der Waals surface area contributed by atoms with Gasteiger partial charge in [0.15, 0.2) is 6.61 Å². The molecule has 0 saturated carbocycles.